The van der Waals surface area contributed by atoms with E-state index in [9.17, 15) is 19.5 Å². The lowest BCUT2D eigenvalue weighted by Gasteiger charge is -2.21. The predicted molar refractivity (Wildman–Crippen MR) is 94.6 cm³/mol. The fraction of sp³-hybridized carbons (Fsp3) is 0.500. The highest BCUT2D eigenvalue weighted by Gasteiger charge is 2.22. The summed E-state index contributed by atoms with van der Waals surface area (Å²) in [7, 11) is 0. The Labute approximate surface area is 147 Å². The maximum atomic E-state index is 12.3. The van der Waals surface area contributed by atoms with Crippen molar-refractivity contribution < 1.29 is 24.2 Å². The van der Waals surface area contributed by atoms with Gasteiger partial charge in [-0.3, -0.25) is 9.59 Å². The van der Waals surface area contributed by atoms with E-state index >= 15 is 0 Å². The molecule has 1 atom stereocenters. The lowest BCUT2D eigenvalue weighted by atomic mass is 10.1. The van der Waals surface area contributed by atoms with Gasteiger partial charge in [-0.15, -0.1) is 0 Å². The maximum absolute atomic E-state index is 12.3. The zero-order valence-electron chi connectivity index (χ0n) is 15.1. The predicted octanol–water partition coefficient (Wildman–Crippen LogP) is 2.42. The summed E-state index contributed by atoms with van der Waals surface area (Å²) >= 11 is 0. The third-order valence-corrected chi connectivity index (χ3v) is 3.27. The number of hydrogen-bond acceptors (Lipinski definition) is 4. The quantitative estimate of drug-likeness (QED) is 0.668. The molecule has 0 aromatic heterocycles. The van der Waals surface area contributed by atoms with E-state index in [0.29, 0.717) is 12.1 Å². The monoisotopic (exact) mass is 350 g/mol. The van der Waals surface area contributed by atoms with Crippen molar-refractivity contribution in [2.75, 3.05) is 11.9 Å². The summed E-state index contributed by atoms with van der Waals surface area (Å²) in [5.74, 6) is -1.81. The number of benzene rings is 1. The topological polar surface area (TPSA) is 105 Å². The van der Waals surface area contributed by atoms with Gasteiger partial charge in [0.2, 0.25) is 5.91 Å². The van der Waals surface area contributed by atoms with E-state index in [1.807, 2.05) is 20.8 Å². The Balaban J connectivity index is 2.72. The van der Waals surface area contributed by atoms with Crippen LogP contribution in [0.5, 0.6) is 0 Å². The molecule has 138 valence electrons. The molecule has 0 aliphatic carbocycles. The normalized spacial score (nSPS) is 12.3. The van der Waals surface area contributed by atoms with Crippen LogP contribution >= 0.6 is 0 Å². The van der Waals surface area contributed by atoms with Gasteiger partial charge in [0.05, 0.1) is 5.60 Å². The van der Waals surface area contributed by atoms with E-state index in [-0.39, 0.29) is 30.1 Å². The van der Waals surface area contributed by atoms with E-state index in [0.717, 1.165) is 0 Å². The molecular weight excluding hydrogens is 324 g/mol. The van der Waals surface area contributed by atoms with Crippen LogP contribution in [0.1, 0.15) is 50.9 Å². The van der Waals surface area contributed by atoms with Crippen molar-refractivity contribution in [3.05, 3.63) is 29.8 Å². The average Bonchev–Trinajstić information content (AvgIpc) is 2.52. The summed E-state index contributed by atoms with van der Waals surface area (Å²) in [5, 5.41) is 14.4. The van der Waals surface area contributed by atoms with Crippen LogP contribution in [-0.4, -0.2) is 41.1 Å². The minimum atomic E-state index is -1.12. The van der Waals surface area contributed by atoms with E-state index in [1.165, 1.54) is 6.07 Å². The molecule has 1 rings (SSSR count). The molecule has 7 heteroatoms. The number of nitrogens with one attached hydrogen (secondary N) is 2. The molecule has 3 N–H and O–H groups in total. The first-order chi connectivity index (χ1) is 11.6. The van der Waals surface area contributed by atoms with Crippen LogP contribution in [0, 0.1) is 0 Å². The largest absolute Gasteiger partial charge is 0.480 e. The van der Waals surface area contributed by atoms with Gasteiger partial charge in [0.25, 0.3) is 5.91 Å². The number of carboxylic acids is 1. The molecule has 0 saturated heterocycles. The van der Waals surface area contributed by atoms with Crippen LogP contribution in [0.4, 0.5) is 5.69 Å². The first-order valence-electron chi connectivity index (χ1n) is 8.20. The van der Waals surface area contributed by atoms with Gasteiger partial charge < -0.3 is 20.5 Å². The summed E-state index contributed by atoms with van der Waals surface area (Å²) in [6, 6.07) is 5.30. The molecule has 1 unspecified atom stereocenters. The highest BCUT2D eigenvalue weighted by molar-refractivity contribution is 5.98. The number of amides is 2. The lowest BCUT2D eigenvalue weighted by Crippen LogP contribution is -2.42. The molecule has 1 aromatic carbocycles. The Morgan fingerprint density at radius 3 is 2.48 bits per heavy atom. The third-order valence-electron chi connectivity index (χ3n) is 3.27. The van der Waals surface area contributed by atoms with Gasteiger partial charge in [-0.05, 0) is 39.0 Å². The van der Waals surface area contributed by atoms with Crippen molar-refractivity contribution in [3.63, 3.8) is 0 Å². The number of anilines is 1. The van der Waals surface area contributed by atoms with Crippen molar-refractivity contribution in [2.24, 2.45) is 0 Å². The second-order valence-corrected chi connectivity index (χ2v) is 6.60. The molecule has 0 bridgehead atoms. The van der Waals surface area contributed by atoms with Crippen LogP contribution in [-0.2, 0) is 14.3 Å². The molecule has 0 fully saturated rings. The van der Waals surface area contributed by atoms with Crippen LogP contribution in [0.25, 0.3) is 0 Å². The van der Waals surface area contributed by atoms with Crippen LogP contribution in [0.15, 0.2) is 24.3 Å². The number of carboxylic acid groups (broad SMARTS) is 1. The van der Waals surface area contributed by atoms with Crippen LogP contribution in [0.3, 0.4) is 0 Å². The Hall–Kier alpha value is -2.41. The van der Waals surface area contributed by atoms with Gasteiger partial charge in [-0.25, -0.2) is 4.79 Å². The number of aliphatic carboxylic acids is 1. The minimum absolute atomic E-state index is 0.157. The first kappa shape index (κ1) is 20.6. The molecule has 2 amide bonds. The number of carbonyl (C=O) groups excluding carboxylic acids is 2. The average molecular weight is 350 g/mol. The van der Waals surface area contributed by atoms with Gasteiger partial charge in [-0.2, -0.15) is 0 Å². The summed E-state index contributed by atoms with van der Waals surface area (Å²) in [4.78, 5) is 35.1. The van der Waals surface area contributed by atoms with E-state index < -0.39 is 17.9 Å². The number of rotatable bonds is 8. The number of hydrogen-bond donors (Lipinski definition) is 3. The van der Waals surface area contributed by atoms with E-state index in [1.54, 1.807) is 25.1 Å². The molecule has 0 radical (unpaired) electrons. The summed E-state index contributed by atoms with van der Waals surface area (Å²) in [5.41, 5.74) is 0.387. The molecule has 25 heavy (non-hydrogen) atoms. The molecule has 7 nitrogen and oxygen atoms in total. The van der Waals surface area contributed by atoms with E-state index in [4.69, 9.17) is 4.74 Å². The lowest BCUT2D eigenvalue weighted by molar-refractivity contribution is -0.140. The molecule has 0 aliphatic rings. The van der Waals surface area contributed by atoms with E-state index in [2.05, 4.69) is 10.6 Å². The summed E-state index contributed by atoms with van der Waals surface area (Å²) in [6.07, 6.45) is 0.482. The Morgan fingerprint density at radius 2 is 1.92 bits per heavy atom. The van der Waals surface area contributed by atoms with Crippen molar-refractivity contribution in [2.45, 2.75) is 52.2 Å². The Kier molecular flexibility index (Phi) is 7.57. The molecule has 1 aromatic rings. The minimum Gasteiger partial charge on any atom is -0.480 e. The number of ether oxygens (including phenoxy) is 1. The molecule has 0 heterocycles. The van der Waals surface area contributed by atoms with Crippen molar-refractivity contribution in [1.29, 1.82) is 0 Å². The highest BCUT2D eigenvalue weighted by Crippen LogP contribution is 2.12. The third kappa shape index (κ3) is 7.80. The second-order valence-electron chi connectivity index (χ2n) is 6.60. The van der Waals surface area contributed by atoms with Crippen LogP contribution < -0.4 is 10.6 Å². The maximum Gasteiger partial charge on any atom is 0.326 e. The summed E-state index contributed by atoms with van der Waals surface area (Å²) in [6.45, 7) is 7.56. The fourth-order valence-electron chi connectivity index (χ4n) is 1.97. The van der Waals surface area contributed by atoms with Gasteiger partial charge in [-0.1, -0.05) is 13.0 Å². The molecular formula is C18H26N2O5. The van der Waals surface area contributed by atoms with Crippen molar-refractivity contribution in [1.82, 2.24) is 5.32 Å². The van der Waals surface area contributed by atoms with Gasteiger partial charge in [0.15, 0.2) is 0 Å². The smallest absolute Gasteiger partial charge is 0.326 e. The highest BCUT2D eigenvalue weighted by atomic mass is 16.5. The standard InChI is InChI=1S/C18H26N2O5/c1-5-15(21)19-13-8-6-7-12(11-13)16(22)20-14(17(23)24)9-10-25-18(2,3)4/h6-8,11,14H,5,9-10H2,1-4H3,(H,19,21)(H,20,22)(H,23,24). The molecule has 0 aliphatic heterocycles. The SMILES string of the molecule is CCC(=O)Nc1cccc(C(=O)NC(CCOC(C)(C)C)C(=O)O)c1. The Morgan fingerprint density at radius 1 is 1.24 bits per heavy atom. The fourth-order valence-corrected chi connectivity index (χ4v) is 1.97. The second kappa shape index (κ2) is 9.17. The van der Waals surface area contributed by atoms with Gasteiger partial charge in [0.1, 0.15) is 6.04 Å². The van der Waals surface area contributed by atoms with Gasteiger partial charge in [0, 0.05) is 30.7 Å². The van der Waals surface area contributed by atoms with Crippen LogP contribution in [0.2, 0.25) is 0 Å². The summed E-state index contributed by atoms with van der Waals surface area (Å²) < 4.78 is 5.51. The first-order valence-corrected chi connectivity index (χ1v) is 8.20. The molecule has 0 spiro atoms. The number of carbonyl (C=O) groups is 3. The Bertz CT molecular complexity index is 622. The molecule has 0 saturated carbocycles. The van der Waals surface area contributed by atoms with Gasteiger partial charge >= 0.3 is 5.97 Å². The van der Waals surface area contributed by atoms with Crippen molar-refractivity contribution >= 4 is 23.5 Å². The van der Waals surface area contributed by atoms with Crippen molar-refractivity contribution in [3.8, 4) is 0 Å². The zero-order valence-corrected chi connectivity index (χ0v) is 15.1. The zero-order chi connectivity index (χ0) is 19.0.